The second-order valence-corrected chi connectivity index (χ2v) is 5.61. The molecule has 0 aliphatic rings. The molecule has 4 heterocycles. The number of aromatic nitrogens is 6. The van der Waals surface area contributed by atoms with E-state index >= 15 is 0 Å². The van der Waals surface area contributed by atoms with Crippen LogP contribution in [0.1, 0.15) is 0 Å². The Morgan fingerprint density at radius 3 is 2.58 bits per heavy atom. The molecule has 0 aliphatic carbocycles. The number of halogens is 1. The topological polar surface area (TPSA) is 81.4 Å². The lowest BCUT2D eigenvalue weighted by atomic mass is 10.1. The van der Waals surface area contributed by atoms with Gasteiger partial charge in [-0.05, 0) is 30.3 Å². The second-order valence-electron chi connectivity index (χ2n) is 5.23. The summed E-state index contributed by atoms with van der Waals surface area (Å²) in [6.45, 7) is 0. The van der Waals surface area contributed by atoms with Crippen molar-refractivity contribution in [3.63, 3.8) is 0 Å². The summed E-state index contributed by atoms with van der Waals surface area (Å²) in [6.07, 6.45) is 5.56. The Labute approximate surface area is 142 Å². The first-order valence-corrected chi connectivity index (χ1v) is 7.57. The predicted octanol–water partition coefficient (Wildman–Crippen LogP) is 3.22. The number of rotatable bonds is 3. The van der Waals surface area contributed by atoms with Crippen LogP contribution in [0.2, 0.25) is 5.15 Å². The largest absolute Gasteiger partial charge is 0.323 e. The number of nitrogens with one attached hydrogen (secondary N) is 1. The normalized spacial score (nSPS) is 10.9. The quantitative estimate of drug-likeness (QED) is 0.618. The van der Waals surface area contributed by atoms with Crippen molar-refractivity contribution in [2.45, 2.75) is 0 Å². The van der Waals surface area contributed by atoms with Crippen molar-refractivity contribution in [1.82, 2.24) is 29.9 Å². The van der Waals surface area contributed by atoms with Gasteiger partial charge in [0.1, 0.15) is 5.82 Å². The van der Waals surface area contributed by atoms with Crippen molar-refractivity contribution in [3.8, 4) is 11.1 Å². The van der Waals surface area contributed by atoms with Crippen LogP contribution in [0.15, 0.2) is 48.9 Å². The zero-order chi connectivity index (χ0) is 16.5. The molecular weight excluding hydrogens is 326 g/mol. The summed E-state index contributed by atoms with van der Waals surface area (Å²) in [5.74, 6) is 1.23. The monoisotopic (exact) mass is 337 g/mol. The van der Waals surface area contributed by atoms with Gasteiger partial charge in [-0.25, -0.2) is 4.98 Å². The van der Waals surface area contributed by atoms with Gasteiger partial charge in [0.25, 0.3) is 0 Å². The van der Waals surface area contributed by atoms with E-state index in [4.69, 9.17) is 11.6 Å². The molecule has 0 saturated carbocycles. The molecule has 0 spiro atoms. The highest BCUT2D eigenvalue weighted by Gasteiger charge is 2.06. The summed E-state index contributed by atoms with van der Waals surface area (Å²) in [7, 11) is 1.88. The Morgan fingerprint density at radius 2 is 1.83 bits per heavy atom. The Balaban J connectivity index is 1.69. The first kappa shape index (κ1) is 14.5. The van der Waals surface area contributed by atoms with Gasteiger partial charge in [-0.1, -0.05) is 11.6 Å². The highest BCUT2D eigenvalue weighted by atomic mass is 35.5. The third kappa shape index (κ3) is 2.89. The van der Waals surface area contributed by atoms with E-state index < -0.39 is 0 Å². The van der Waals surface area contributed by atoms with E-state index in [-0.39, 0.29) is 0 Å². The summed E-state index contributed by atoms with van der Waals surface area (Å²) in [4.78, 5) is 9.04. The van der Waals surface area contributed by atoms with Crippen LogP contribution in [0, 0.1) is 0 Å². The third-order valence-corrected chi connectivity index (χ3v) is 3.67. The van der Waals surface area contributed by atoms with Crippen LogP contribution < -0.4 is 5.32 Å². The fraction of sp³-hybridized carbons (Fsp3) is 0.0625. The molecule has 0 radical (unpaired) electrons. The van der Waals surface area contributed by atoms with E-state index in [0.29, 0.717) is 16.8 Å². The van der Waals surface area contributed by atoms with Crippen molar-refractivity contribution in [2.24, 2.45) is 7.05 Å². The number of aryl methyl sites for hydroxylation is 1. The first-order chi connectivity index (χ1) is 11.7. The maximum atomic E-state index is 5.74. The molecule has 0 aliphatic heterocycles. The van der Waals surface area contributed by atoms with Crippen LogP contribution in [0.5, 0.6) is 0 Å². The Bertz CT molecular complexity index is 1010. The van der Waals surface area contributed by atoms with Crippen LogP contribution in [-0.4, -0.2) is 29.9 Å². The lowest BCUT2D eigenvalue weighted by molar-refractivity contribution is 0.768. The van der Waals surface area contributed by atoms with Gasteiger partial charge in [-0.2, -0.15) is 5.10 Å². The number of fused-ring (bicyclic) bond motifs is 1. The van der Waals surface area contributed by atoms with Gasteiger partial charge in [0.2, 0.25) is 0 Å². The highest BCUT2D eigenvalue weighted by molar-refractivity contribution is 6.29. The van der Waals surface area contributed by atoms with Gasteiger partial charge in [0, 0.05) is 30.6 Å². The molecule has 0 amide bonds. The van der Waals surface area contributed by atoms with E-state index in [0.717, 1.165) is 22.2 Å². The van der Waals surface area contributed by atoms with Gasteiger partial charge in [-0.15, -0.1) is 10.2 Å². The maximum Gasteiger partial charge on any atom is 0.154 e. The van der Waals surface area contributed by atoms with Crippen molar-refractivity contribution in [2.75, 3.05) is 5.32 Å². The van der Waals surface area contributed by atoms with Crippen molar-refractivity contribution >= 4 is 34.3 Å². The van der Waals surface area contributed by atoms with Crippen LogP contribution in [0.25, 0.3) is 22.2 Å². The fourth-order valence-electron chi connectivity index (χ4n) is 2.32. The molecule has 0 atom stereocenters. The molecule has 0 aromatic carbocycles. The number of anilines is 2. The van der Waals surface area contributed by atoms with Crippen molar-refractivity contribution < 1.29 is 0 Å². The summed E-state index contributed by atoms with van der Waals surface area (Å²) < 4.78 is 1.75. The average molecular weight is 338 g/mol. The maximum absolute atomic E-state index is 5.74. The predicted molar refractivity (Wildman–Crippen MR) is 92.1 cm³/mol. The number of hydrogen-bond acceptors (Lipinski definition) is 6. The summed E-state index contributed by atoms with van der Waals surface area (Å²) in [6, 6.07) is 9.14. The smallest absolute Gasteiger partial charge is 0.154 e. The molecule has 4 aromatic rings. The highest BCUT2D eigenvalue weighted by Crippen LogP contribution is 2.23. The zero-order valence-electron chi connectivity index (χ0n) is 12.7. The molecule has 1 N–H and O–H groups in total. The molecule has 7 nitrogen and oxygen atoms in total. The second kappa shape index (κ2) is 5.86. The van der Waals surface area contributed by atoms with Gasteiger partial charge in [0.15, 0.2) is 11.0 Å². The molecule has 0 fully saturated rings. The van der Waals surface area contributed by atoms with Crippen LogP contribution in [-0.2, 0) is 7.05 Å². The van der Waals surface area contributed by atoms with Crippen molar-refractivity contribution in [3.05, 3.63) is 54.1 Å². The molecule has 4 aromatic heterocycles. The van der Waals surface area contributed by atoms with E-state index in [1.807, 2.05) is 37.6 Å². The molecule has 0 saturated heterocycles. The standard InChI is InChI=1S/C16H12ClN7/c1-24-9-11(8-19-24)10-6-13-12(18-7-10)2-4-15(20-13)21-16-5-3-14(17)22-23-16/h2-9H,1H3,(H,20,21,23). The number of nitrogens with zero attached hydrogens (tertiary/aromatic N) is 6. The minimum Gasteiger partial charge on any atom is -0.323 e. The zero-order valence-corrected chi connectivity index (χ0v) is 13.4. The molecule has 8 heteroatoms. The van der Waals surface area contributed by atoms with E-state index in [1.54, 1.807) is 23.0 Å². The van der Waals surface area contributed by atoms with Gasteiger partial charge in [-0.3, -0.25) is 9.67 Å². The van der Waals surface area contributed by atoms with Gasteiger partial charge >= 0.3 is 0 Å². The van der Waals surface area contributed by atoms with Crippen LogP contribution >= 0.6 is 11.6 Å². The molecule has 0 unspecified atom stereocenters. The fourth-order valence-corrected chi connectivity index (χ4v) is 2.42. The lowest BCUT2D eigenvalue weighted by Gasteiger charge is -2.06. The Hall–Kier alpha value is -3.06. The lowest BCUT2D eigenvalue weighted by Crippen LogP contribution is -1.98. The molecule has 4 rings (SSSR count). The third-order valence-electron chi connectivity index (χ3n) is 3.46. The number of pyridine rings is 2. The molecule has 0 bridgehead atoms. The summed E-state index contributed by atoms with van der Waals surface area (Å²) >= 11 is 5.74. The van der Waals surface area contributed by atoms with E-state index in [2.05, 4.69) is 30.6 Å². The minimum absolute atomic E-state index is 0.345. The molecular formula is C16H12ClN7. The molecule has 24 heavy (non-hydrogen) atoms. The Morgan fingerprint density at radius 1 is 0.958 bits per heavy atom. The Kier molecular flexibility index (Phi) is 3.55. The van der Waals surface area contributed by atoms with Crippen LogP contribution in [0.3, 0.4) is 0 Å². The van der Waals surface area contributed by atoms with Crippen LogP contribution in [0.4, 0.5) is 11.6 Å². The van der Waals surface area contributed by atoms with Gasteiger partial charge in [0.05, 0.1) is 17.2 Å². The van der Waals surface area contributed by atoms with E-state index in [1.165, 1.54) is 0 Å². The van der Waals surface area contributed by atoms with Crippen molar-refractivity contribution in [1.29, 1.82) is 0 Å². The first-order valence-electron chi connectivity index (χ1n) is 7.19. The minimum atomic E-state index is 0.345. The summed E-state index contributed by atoms with van der Waals surface area (Å²) in [5.41, 5.74) is 3.56. The number of hydrogen-bond donors (Lipinski definition) is 1. The average Bonchev–Trinajstić information content (AvgIpc) is 3.03. The van der Waals surface area contributed by atoms with Gasteiger partial charge < -0.3 is 5.32 Å². The molecule has 118 valence electrons. The SMILES string of the molecule is Cn1cc(-c2cnc3ccc(Nc4ccc(Cl)nn4)nc3c2)cn1. The summed E-state index contributed by atoms with van der Waals surface area (Å²) in [5, 5.41) is 15.4. The van der Waals surface area contributed by atoms with E-state index in [9.17, 15) is 0 Å².